The van der Waals surface area contributed by atoms with Gasteiger partial charge >= 0.3 is 0 Å². The van der Waals surface area contributed by atoms with E-state index in [0.717, 1.165) is 0 Å². The van der Waals surface area contributed by atoms with Crippen molar-refractivity contribution >= 4 is 0 Å². The maximum Gasteiger partial charge on any atom is 0.187 e. The van der Waals surface area contributed by atoms with Gasteiger partial charge in [-0.25, -0.2) is 0 Å². The summed E-state index contributed by atoms with van der Waals surface area (Å²) >= 11 is 0. The zero-order valence-corrected chi connectivity index (χ0v) is 13.9. The standard InChI is InChI=1S/C14H27NO11/c15-1-2-23-13-11(22)12(8(19)6(4-17)24-13)26-14-10(21)9(20)7(18)5(3-16)25-14/h5-14,16-22H,1-4,15H2/t5-,6-,7+,8+,9+,10-,11-,12+,13-,14+/m1/s1. The minimum Gasteiger partial charge on any atom is -0.394 e. The Hall–Kier alpha value is -0.480. The van der Waals surface area contributed by atoms with Gasteiger partial charge in [0, 0.05) is 6.54 Å². The zero-order chi connectivity index (χ0) is 19.4. The van der Waals surface area contributed by atoms with Crippen molar-refractivity contribution in [2.45, 2.75) is 61.4 Å². The Labute approximate surface area is 149 Å². The maximum atomic E-state index is 10.3. The monoisotopic (exact) mass is 385 g/mol. The average molecular weight is 385 g/mol. The van der Waals surface area contributed by atoms with Crippen LogP contribution in [0.4, 0.5) is 0 Å². The predicted octanol–water partition coefficient (Wildman–Crippen LogP) is -5.41. The van der Waals surface area contributed by atoms with E-state index in [1.54, 1.807) is 0 Å². The van der Waals surface area contributed by atoms with Gasteiger partial charge in [-0.1, -0.05) is 0 Å². The first-order valence-corrected chi connectivity index (χ1v) is 8.25. The normalized spacial score (nSPS) is 47.1. The van der Waals surface area contributed by atoms with Gasteiger partial charge in [-0.05, 0) is 0 Å². The minimum absolute atomic E-state index is 0.0305. The van der Waals surface area contributed by atoms with E-state index in [0.29, 0.717) is 0 Å². The van der Waals surface area contributed by atoms with Crippen molar-refractivity contribution < 1.29 is 54.7 Å². The highest BCUT2D eigenvalue weighted by Gasteiger charge is 2.50. The molecule has 2 aliphatic rings. The Bertz CT molecular complexity index is 428. The lowest BCUT2D eigenvalue weighted by molar-refractivity contribution is -0.359. The van der Waals surface area contributed by atoms with Crippen LogP contribution in [-0.4, -0.2) is 124 Å². The molecule has 154 valence electrons. The third kappa shape index (κ3) is 4.49. The summed E-state index contributed by atoms with van der Waals surface area (Å²) in [7, 11) is 0. The fraction of sp³-hybridized carbons (Fsp3) is 1.00. The van der Waals surface area contributed by atoms with Crippen LogP contribution >= 0.6 is 0 Å². The molecule has 2 fully saturated rings. The van der Waals surface area contributed by atoms with Gasteiger partial charge in [0.15, 0.2) is 12.6 Å². The molecule has 2 saturated heterocycles. The van der Waals surface area contributed by atoms with Crippen LogP contribution in [0.1, 0.15) is 0 Å². The Morgan fingerprint density at radius 2 is 1.31 bits per heavy atom. The molecule has 2 rings (SSSR count). The topological polar surface area (TPSA) is 205 Å². The molecule has 0 aliphatic carbocycles. The van der Waals surface area contributed by atoms with Crippen molar-refractivity contribution in [3.05, 3.63) is 0 Å². The summed E-state index contributed by atoms with van der Waals surface area (Å²) in [5.41, 5.74) is 5.33. The molecule has 0 saturated carbocycles. The van der Waals surface area contributed by atoms with Crippen molar-refractivity contribution in [2.75, 3.05) is 26.4 Å². The molecule has 0 aromatic heterocycles. The van der Waals surface area contributed by atoms with Gasteiger partial charge in [0.05, 0.1) is 19.8 Å². The third-order valence-electron chi connectivity index (χ3n) is 4.36. The smallest absolute Gasteiger partial charge is 0.187 e. The van der Waals surface area contributed by atoms with Crippen LogP contribution in [0.3, 0.4) is 0 Å². The lowest BCUT2D eigenvalue weighted by atomic mass is 9.97. The van der Waals surface area contributed by atoms with Gasteiger partial charge in [-0.2, -0.15) is 0 Å². The van der Waals surface area contributed by atoms with Crippen LogP contribution in [0.15, 0.2) is 0 Å². The maximum absolute atomic E-state index is 10.3. The molecule has 12 heteroatoms. The number of hydrogen-bond acceptors (Lipinski definition) is 12. The van der Waals surface area contributed by atoms with E-state index in [1.807, 2.05) is 0 Å². The van der Waals surface area contributed by atoms with E-state index in [2.05, 4.69) is 0 Å². The first-order valence-electron chi connectivity index (χ1n) is 8.25. The Kier molecular flexibility index (Phi) is 8.08. The molecule has 26 heavy (non-hydrogen) atoms. The van der Waals surface area contributed by atoms with Crippen molar-refractivity contribution in [2.24, 2.45) is 5.73 Å². The minimum atomic E-state index is -1.72. The molecule has 12 nitrogen and oxygen atoms in total. The largest absolute Gasteiger partial charge is 0.394 e. The second kappa shape index (κ2) is 9.64. The SMILES string of the molecule is NCCO[C@@H]1O[C@H](CO)[C@H](O)[C@H](O[C@@H]2O[C@H](CO)[C@H](O)[C@H](O)[C@H]2O)[C@H]1O. The quantitative estimate of drug-likeness (QED) is 0.207. The fourth-order valence-electron chi connectivity index (χ4n) is 2.87. The number of nitrogens with two attached hydrogens (primary N) is 1. The zero-order valence-electron chi connectivity index (χ0n) is 13.9. The van der Waals surface area contributed by atoms with Gasteiger partial charge in [-0.3, -0.25) is 0 Å². The Morgan fingerprint density at radius 1 is 0.731 bits per heavy atom. The molecule has 2 heterocycles. The molecular weight excluding hydrogens is 358 g/mol. The first kappa shape index (κ1) is 21.8. The number of ether oxygens (including phenoxy) is 4. The van der Waals surface area contributed by atoms with Gasteiger partial charge in [0.25, 0.3) is 0 Å². The van der Waals surface area contributed by atoms with Crippen LogP contribution < -0.4 is 5.73 Å². The molecule has 0 radical (unpaired) electrons. The van der Waals surface area contributed by atoms with E-state index >= 15 is 0 Å². The number of hydrogen-bond donors (Lipinski definition) is 8. The summed E-state index contributed by atoms with van der Waals surface area (Å²) in [6.45, 7) is -1.10. The number of aliphatic hydroxyl groups is 7. The molecular formula is C14H27NO11. The number of rotatable bonds is 7. The summed E-state index contributed by atoms with van der Waals surface area (Å²) in [5, 5.41) is 68.7. The van der Waals surface area contributed by atoms with Crippen molar-refractivity contribution in [1.29, 1.82) is 0 Å². The van der Waals surface area contributed by atoms with Crippen LogP contribution in [0.5, 0.6) is 0 Å². The summed E-state index contributed by atoms with van der Waals surface area (Å²) in [6.07, 6.45) is -14.7. The molecule has 2 aliphatic heterocycles. The molecule has 9 N–H and O–H groups in total. The van der Waals surface area contributed by atoms with Gasteiger partial charge in [0.2, 0.25) is 0 Å². The van der Waals surface area contributed by atoms with Crippen molar-refractivity contribution in [3.8, 4) is 0 Å². The lowest BCUT2D eigenvalue weighted by Gasteiger charge is -2.45. The lowest BCUT2D eigenvalue weighted by Crippen LogP contribution is -2.64. The fourth-order valence-corrected chi connectivity index (χ4v) is 2.87. The summed E-state index contributed by atoms with van der Waals surface area (Å²) < 4.78 is 21.1. The Morgan fingerprint density at radius 3 is 1.88 bits per heavy atom. The van der Waals surface area contributed by atoms with Crippen LogP contribution in [-0.2, 0) is 18.9 Å². The highest BCUT2D eigenvalue weighted by Crippen LogP contribution is 2.29. The van der Waals surface area contributed by atoms with E-state index in [4.69, 9.17) is 24.7 Å². The average Bonchev–Trinajstić information content (AvgIpc) is 2.64. The first-order chi connectivity index (χ1) is 12.3. The van der Waals surface area contributed by atoms with E-state index < -0.39 is 74.6 Å². The van der Waals surface area contributed by atoms with Gasteiger partial charge in [-0.15, -0.1) is 0 Å². The summed E-state index contributed by atoms with van der Waals surface area (Å²) in [5.74, 6) is 0. The second-order valence-corrected chi connectivity index (χ2v) is 6.16. The van der Waals surface area contributed by atoms with Gasteiger partial charge < -0.3 is 60.4 Å². The molecule has 0 amide bonds. The molecule has 10 atom stereocenters. The van der Waals surface area contributed by atoms with Crippen molar-refractivity contribution in [1.82, 2.24) is 0 Å². The number of aliphatic hydroxyl groups excluding tert-OH is 7. The highest BCUT2D eigenvalue weighted by atomic mass is 16.7. The van der Waals surface area contributed by atoms with Crippen LogP contribution in [0.2, 0.25) is 0 Å². The highest BCUT2D eigenvalue weighted by molar-refractivity contribution is 4.94. The van der Waals surface area contributed by atoms with Crippen LogP contribution in [0, 0.1) is 0 Å². The summed E-state index contributed by atoms with van der Waals surface area (Å²) in [4.78, 5) is 0. The molecule has 0 aromatic rings. The molecule has 0 unspecified atom stereocenters. The van der Waals surface area contributed by atoms with E-state index in [-0.39, 0.29) is 13.2 Å². The summed E-state index contributed by atoms with van der Waals surface area (Å²) in [6, 6.07) is 0. The molecule has 0 bridgehead atoms. The van der Waals surface area contributed by atoms with Crippen LogP contribution in [0.25, 0.3) is 0 Å². The van der Waals surface area contributed by atoms with Crippen molar-refractivity contribution in [3.63, 3.8) is 0 Å². The molecule has 0 aromatic carbocycles. The third-order valence-corrected chi connectivity index (χ3v) is 4.36. The predicted molar refractivity (Wildman–Crippen MR) is 81.4 cm³/mol. The van der Waals surface area contributed by atoms with E-state index in [1.165, 1.54) is 0 Å². The van der Waals surface area contributed by atoms with Gasteiger partial charge in [0.1, 0.15) is 48.8 Å². The van der Waals surface area contributed by atoms with E-state index in [9.17, 15) is 35.7 Å². The Balaban J connectivity index is 2.13. The second-order valence-electron chi connectivity index (χ2n) is 6.16. The molecule has 0 spiro atoms.